The number of rotatable bonds is 0. The molecule has 0 fully saturated rings. The summed E-state index contributed by atoms with van der Waals surface area (Å²) in [6.07, 6.45) is 1.77. The topological polar surface area (TPSA) is 43.9 Å². The fourth-order valence-corrected chi connectivity index (χ4v) is 23.6. The van der Waals surface area contributed by atoms with Gasteiger partial charge in [-0.25, -0.2) is 0 Å². The van der Waals surface area contributed by atoms with Crippen LogP contribution in [0, 0.1) is 0 Å². The van der Waals surface area contributed by atoms with Crippen molar-refractivity contribution in [3.05, 3.63) is 401 Å². The molecular formula is C116H66N4O2S2. The van der Waals surface area contributed by atoms with E-state index < -0.39 is 0 Å². The Morgan fingerprint density at radius 2 is 0.484 bits per heavy atom. The fourth-order valence-electron chi connectivity index (χ4n) is 21.4. The number of aromatic nitrogens is 4. The van der Waals surface area contributed by atoms with Crippen LogP contribution in [0.2, 0.25) is 0 Å². The van der Waals surface area contributed by atoms with Crippen molar-refractivity contribution in [1.29, 1.82) is 0 Å². The van der Waals surface area contributed by atoms with Gasteiger partial charge in [0.05, 0.1) is 72.5 Å². The van der Waals surface area contributed by atoms with Crippen molar-refractivity contribution in [1.82, 2.24) is 17.6 Å². The third-order valence-electron chi connectivity index (χ3n) is 26.8. The van der Waals surface area contributed by atoms with Gasteiger partial charge in [0.25, 0.3) is 0 Å². The van der Waals surface area contributed by atoms with Crippen LogP contribution in [0.3, 0.4) is 0 Å². The third kappa shape index (κ3) is 9.74. The molecule has 574 valence electrons. The van der Waals surface area contributed by atoms with Crippen molar-refractivity contribution in [2.45, 2.75) is 0 Å². The highest BCUT2D eigenvalue weighted by Gasteiger charge is 2.24. The minimum atomic E-state index is 0.923. The van der Waals surface area contributed by atoms with Gasteiger partial charge in [0.2, 0.25) is 0 Å². The summed E-state index contributed by atoms with van der Waals surface area (Å²) in [6.45, 7) is 0. The van der Waals surface area contributed by atoms with E-state index in [2.05, 4.69) is 394 Å². The summed E-state index contributed by atoms with van der Waals surface area (Å²) in [6, 6.07) is 144. The summed E-state index contributed by atoms with van der Waals surface area (Å²) >= 11 is 3.78. The van der Waals surface area contributed by atoms with Gasteiger partial charge in [-0.3, -0.25) is 0 Å². The van der Waals surface area contributed by atoms with Gasteiger partial charge in [0.1, 0.15) is 16.7 Å². The zero-order chi connectivity index (χ0) is 80.7. The lowest BCUT2D eigenvalue weighted by atomic mass is 9.97. The maximum atomic E-state index is 6.27. The average molecular weight is 1610 g/mol. The van der Waals surface area contributed by atoms with Crippen molar-refractivity contribution in [3.63, 3.8) is 0 Å². The summed E-state index contributed by atoms with van der Waals surface area (Å²) < 4.78 is 27.2. The molecule has 0 aliphatic heterocycles. The van der Waals surface area contributed by atoms with Crippen LogP contribution in [0.1, 0.15) is 0 Å². The van der Waals surface area contributed by atoms with Crippen LogP contribution in [0.25, 0.3) is 269 Å². The smallest absolute Gasteiger partial charge is 0.136 e. The lowest BCUT2D eigenvalue weighted by Gasteiger charge is -2.13. The molecule has 31 aromatic rings. The highest BCUT2D eigenvalue weighted by molar-refractivity contribution is 7.26. The molecule has 0 unspecified atom stereocenters. The van der Waals surface area contributed by atoms with Crippen LogP contribution in [0.4, 0.5) is 0 Å². The molecule has 8 heteroatoms. The van der Waals surface area contributed by atoms with E-state index in [1.165, 1.54) is 236 Å². The van der Waals surface area contributed by atoms with Crippen molar-refractivity contribution in [2.75, 3.05) is 0 Å². The zero-order valence-electron chi connectivity index (χ0n) is 66.5. The predicted octanol–water partition coefficient (Wildman–Crippen LogP) is 33.6. The highest BCUT2D eigenvalue weighted by Crippen LogP contribution is 2.48. The van der Waals surface area contributed by atoms with E-state index in [-0.39, 0.29) is 0 Å². The van der Waals surface area contributed by atoms with Crippen molar-refractivity contribution in [3.8, 4) is 0 Å². The second kappa shape index (κ2) is 25.8. The number of hydrogen-bond donors (Lipinski definition) is 0. The molecule has 12 aromatic heterocycles. The Labute approximate surface area is 713 Å². The molecule has 0 radical (unpaired) electrons. The molecule has 0 N–H and O–H groups in total. The third-order valence-corrected chi connectivity index (χ3v) is 29.0. The van der Waals surface area contributed by atoms with E-state index in [0.717, 1.165) is 32.9 Å². The van der Waals surface area contributed by atoms with Crippen LogP contribution in [0.5, 0.6) is 0 Å². The first-order valence-corrected chi connectivity index (χ1v) is 44.0. The number of furan rings is 2. The minimum Gasteiger partial charge on any atom is -0.464 e. The molecule has 0 bridgehead atoms. The second-order valence-corrected chi connectivity index (χ2v) is 35.4. The monoisotopic (exact) mass is 1610 g/mol. The molecule has 0 saturated heterocycles. The molecule has 19 aromatic carbocycles. The number of hydrogen-bond acceptors (Lipinski definition) is 4. The lowest BCUT2D eigenvalue weighted by molar-refractivity contribution is 0.616. The van der Waals surface area contributed by atoms with Crippen molar-refractivity contribution >= 4 is 291 Å². The van der Waals surface area contributed by atoms with Crippen LogP contribution in [-0.4, -0.2) is 17.6 Å². The SMILES string of the molecule is c1ccc2c(c1)ccc1c3cc4c(cc3n3c5ccccc5cc3c21)sc1ccccc14.c1ccc2c(c1)ccc1c3cc4ccoc4cc3n3c4ccccc4cc3c21.c1ccc2c(c1)ccc1c3cc4oc5ccccc5c4cc3n3c4ccccc4cc3c21.c1ccc2c(c1)ccc1c3cc4sc5ccccc5c4cc3n3c4ccccc4cc3c21. The summed E-state index contributed by atoms with van der Waals surface area (Å²) in [5.41, 5.74) is 17.8. The summed E-state index contributed by atoms with van der Waals surface area (Å²) in [7, 11) is 0. The predicted molar refractivity (Wildman–Crippen MR) is 533 cm³/mol. The van der Waals surface area contributed by atoms with Crippen LogP contribution >= 0.6 is 22.7 Å². The Balaban J connectivity index is 0.0000000847. The largest absolute Gasteiger partial charge is 0.464 e. The van der Waals surface area contributed by atoms with Gasteiger partial charge in [0, 0.05) is 127 Å². The summed E-state index contributed by atoms with van der Waals surface area (Å²) in [4.78, 5) is 0. The number of fused-ring (bicyclic) bond motifs is 50. The molecule has 31 rings (SSSR count). The molecule has 0 amide bonds. The van der Waals surface area contributed by atoms with Crippen LogP contribution in [0.15, 0.2) is 409 Å². The van der Waals surface area contributed by atoms with E-state index >= 15 is 0 Å². The van der Waals surface area contributed by atoms with Gasteiger partial charge < -0.3 is 26.4 Å². The average Bonchev–Trinajstić information content (AvgIpc) is 1.50. The first-order valence-electron chi connectivity index (χ1n) is 42.4. The Morgan fingerprint density at radius 1 is 0.153 bits per heavy atom. The molecule has 0 aliphatic carbocycles. The van der Waals surface area contributed by atoms with Crippen LogP contribution in [-0.2, 0) is 0 Å². The quantitative estimate of drug-likeness (QED) is 0.142. The van der Waals surface area contributed by atoms with Gasteiger partial charge in [-0.05, 0) is 180 Å². The highest BCUT2D eigenvalue weighted by atomic mass is 32.1. The first kappa shape index (κ1) is 68.0. The maximum Gasteiger partial charge on any atom is 0.136 e. The zero-order valence-corrected chi connectivity index (χ0v) is 68.2. The molecule has 0 spiro atoms. The van der Waals surface area contributed by atoms with E-state index in [1.54, 1.807) is 6.26 Å². The van der Waals surface area contributed by atoms with Gasteiger partial charge in [0.15, 0.2) is 0 Å². The Kier molecular flexibility index (Phi) is 14.2. The molecule has 0 atom stereocenters. The normalized spacial score (nSPS) is 12.4. The minimum absolute atomic E-state index is 0.923. The Hall–Kier alpha value is -15.8. The molecule has 0 saturated carbocycles. The van der Waals surface area contributed by atoms with Crippen molar-refractivity contribution < 1.29 is 8.83 Å². The maximum absolute atomic E-state index is 6.27. The standard InChI is InChI=1S/C30H17NO.2C30H17NS.C26H15NO/c2*1-3-9-20-18(7-1)13-14-22-23-17-29-24(21-10-4-6-12-28(21)32-29)16-26(23)31-25-11-5-2-8-19(25)15-27(31)30(20)22;1-3-9-20-18(7-1)13-14-22-23-16-24-21-10-4-6-12-28(21)32-29(24)17-26(23)31-25-11-5-2-8-19(25)15-27(31)30(20)22;1-3-7-19-16(5-1)9-10-20-21-13-18-11-12-28-25(18)15-23(21)27-22-8-4-2-6-17(22)14-24(27)26(19)20/h3*1-17H;1-15H. The fraction of sp³-hybridized carbons (Fsp3) is 0. The molecular weight excluding hydrogens is 1550 g/mol. The van der Waals surface area contributed by atoms with E-state index in [9.17, 15) is 0 Å². The number of pyridine rings is 4. The van der Waals surface area contributed by atoms with E-state index in [0.29, 0.717) is 0 Å². The number of thiophene rings is 2. The summed E-state index contributed by atoms with van der Waals surface area (Å²) in [5, 5.41) is 39.8. The van der Waals surface area contributed by atoms with Gasteiger partial charge in [-0.15, -0.1) is 22.7 Å². The first-order chi connectivity index (χ1) is 61.5. The Morgan fingerprint density at radius 3 is 0.935 bits per heavy atom. The van der Waals surface area contributed by atoms with Gasteiger partial charge in [-0.2, -0.15) is 0 Å². The van der Waals surface area contributed by atoms with Crippen LogP contribution < -0.4 is 0 Å². The number of nitrogens with zero attached hydrogens (tertiary/aromatic N) is 4. The molecule has 124 heavy (non-hydrogen) atoms. The second-order valence-electron chi connectivity index (χ2n) is 33.3. The van der Waals surface area contributed by atoms with E-state index in [1.807, 2.05) is 40.9 Å². The van der Waals surface area contributed by atoms with E-state index in [4.69, 9.17) is 8.83 Å². The molecule has 6 nitrogen and oxygen atoms in total. The number of benzene rings is 19. The van der Waals surface area contributed by atoms with Gasteiger partial charge in [-0.1, -0.05) is 273 Å². The molecule has 0 aliphatic rings. The van der Waals surface area contributed by atoms with Crippen molar-refractivity contribution in [2.24, 2.45) is 0 Å². The Bertz CT molecular complexity index is 9840. The molecule has 12 heterocycles. The lowest BCUT2D eigenvalue weighted by Crippen LogP contribution is -1.92. The summed E-state index contributed by atoms with van der Waals surface area (Å²) in [5.74, 6) is 0. The number of para-hydroxylation sites is 5. The van der Waals surface area contributed by atoms with Gasteiger partial charge >= 0.3 is 0 Å².